The monoisotopic (exact) mass is 268 g/mol. The molecule has 0 amide bonds. The molecule has 18 heavy (non-hydrogen) atoms. The van der Waals surface area contributed by atoms with Crippen LogP contribution in [-0.4, -0.2) is 24.0 Å². The van der Waals surface area contributed by atoms with Crippen molar-refractivity contribution in [2.75, 3.05) is 13.1 Å². The molecular formula is C14H18ClFN2. The second kappa shape index (κ2) is 4.80. The number of likely N-dealkylation sites (tertiary alicyclic amines) is 1. The highest BCUT2D eigenvalue weighted by Gasteiger charge is 2.43. The maximum atomic E-state index is 14.1. The van der Waals surface area contributed by atoms with Crippen LogP contribution in [0, 0.1) is 11.7 Å². The molecule has 0 bridgehead atoms. The summed E-state index contributed by atoms with van der Waals surface area (Å²) >= 11 is 6.21. The van der Waals surface area contributed by atoms with E-state index < -0.39 is 0 Å². The van der Waals surface area contributed by atoms with Gasteiger partial charge in [-0.1, -0.05) is 17.7 Å². The first-order valence-electron chi connectivity index (χ1n) is 6.62. The molecule has 1 heterocycles. The Kier molecular flexibility index (Phi) is 3.31. The van der Waals surface area contributed by atoms with Gasteiger partial charge in [-0.3, -0.25) is 4.90 Å². The molecule has 4 heteroatoms. The summed E-state index contributed by atoms with van der Waals surface area (Å²) in [6, 6.07) is 5.61. The van der Waals surface area contributed by atoms with E-state index in [0.29, 0.717) is 29.1 Å². The predicted molar refractivity (Wildman–Crippen MR) is 71.0 cm³/mol. The topological polar surface area (TPSA) is 29.3 Å². The molecule has 2 aliphatic rings. The Bertz CT molecular complexity index is 427. The number of nitrogens with zero attached hydrogens (tertiary/aromatic N) is 1. The summed E-state index contributed by atoms with van der Waals surface area (Å²) in [4.78, 5) is 2.40. The largest absolute Gasteiger partial charge is 0.330 e. The Hall–Kier alpha value is -0.640. The summed E-state index contributed by atoms with van der Waals surface area (Å²) in [5.41, 5.74) is 6.50. The zero-order valence-corrected chi connectivity index (χ0v) is 11.0. The molecule has 2 unspecified atom stereocenters. The number of rotatable bonds is 3. The molecule has 1 saturated carbocycles. The van der Waals surface area contributed by atoms with E-state index in [1.807, 2.05) is 0 Å². The highest BCUT2D eigenvalue weighted by atomic mass is 35.5. The van der Waals surface area contributed by atoms with Gasteiger partial charge in [-0.25, -0.2) is 4.39 Å². The van der Waals surface area contributed by atoms with E-state index in [9.17, 15) is 4.39 Å². The van der Waals surface area contributed by atoms with E-state index in [-0.39, 0.29) is 11.9 Å². The SMILES string of the molecule is NCC1CCN(C2CC2)C1c1c(F)cccc1Cl. The number of benzene rings is 1. The lowest BCUT2D eigenvalue weighted by Crippen LogP contribution is -2.30. The fourth-order valence-electron chi connectivity index (χ4n) is 3.14. The van der Waals surface area contributed by atoms with Gasteiger partial charge in [0.1, 0.15) is 5.82 Å². The Morgan fingerprint density at radius 1 is 1.33 bits per heavy atom. The maximum Gasteiger partial charge on any atom is 0.129 e. The highest BCUT2D eigenvalue weighted by Crippen LogP contribution is 2.46. The molecule has 2 N–H and O–H groups in total. The summed E-state index contributed by atoms with van der Waals surface area (Å²) in [5, 5.41) is 0.533. The third-order valence-electron chi connectivity index (χ3n) is 4.18. The van der Waals surface area contributed by atoms with Crippen LogP contribution in [0.25, 0.3) is 0 Å². The Balaban J connectivity index is 2.00. The first-order chi connectivity index (χ1) is 8.72. The lowest BCUT2D eigenvalue weighted by molar-refractivity contribution is 0.216. The summed E-state index contributed by atoms with van der Waals surface area (Å²) in [6.07, 6.45) is 3.49. The molecule has 0 radical (unpaired) electrons. The van der Waals surface area contributed by atoms with Crippen LogP contribution in [0.3, 0.4) is 0 Å². The molecule has 1 aromatic carbocycles. The van der Waals surface area contributed by atoms with Crippen LogP contribution < -0.4 is 5.73 Å². The fraction of sp³-hybridized carbons (Fsp3) is 0.571. The number of hydrogen-bond donors (Lipinski definition) is 1. The van der Waals surface area contributed by atoms with E-state index in [0.717, 1.165) is 13.0 Å². The second-order valence-electron chi connectivity index (χ2n) is 5.33. The number of halogens is 2. The van der Waals surface area contributed by atoms with Gasteiger partial charge in [0.2, 0.25) is 0 Å². The minimum absolute atomic E-state index is 0.0659. The van der Waals surface area contributed by atoms with Crippen molar-refractivity contribution in [2.24, 2.45) is 11.7 Å². The zero-order chi connectivity index (χ0) is 12.7. The third kappa shape index (κ3) is 2.04. The summed E-state index contributed by atoms with van der Waals surface area (Å²) in [5.74, 6) is 0.124. The molecule has 2 fully saturated rings. The standard InChI is InChI=1S/C14H18ClFN2/c15-11-2-1-3-12(16)13(11)14-9(8-17)6-7-18(14)10-4-5-10/h1-3,9-10,14H,4-8,17H2. The molecule has 0 spiro atoms. The van der Waals surface area contributed by atoms with Crippen LogP contribution in [0.1, 0.15) is 30.9 Å². The van der Waals surface area contributed by atoms with Gasteiger partial charge in [0.25, 0.3) is 0 Å². The van der Waals surface area contributed by atoms with Crippen LogP contribution in [0.15, 0.2) is 18.2 Å². The van der Waals surface area contributed by atoms with E-state index in [4.69, 9.17) is 17.3 Å². The van der Waals surface area contributed by atoms with Crippen molar-refractivity contribution < 1.29 is 4.39 Å². The first kappa shape index (κ1) is 12.4. The smallest absolute Gasteiger partial charge is 0.129 e. The van der Waals surface area contributed by atoms with Crippen LogP contribution in [-0.2, 0) is 0 Å². The second-order valence-corrected chi connectivity index (χ2v) is 5.74. The minimum atomic E-state index is -0.196. The first-order valence-corrected chi connectivity index (χ1v) is 7.00. The number of hydrogen-bond acceptors (Lipinski definition) is 2. The molecule has 0 aromatic heterocycles. The van der Waals surface area contributed by atoms with Crippen molar-refractivity contribution in [3.8, 4) is 0 Å². The average molecular weight is 269 g/mol. The highest BCUT2D eigenvalue weighted by molar-refractivity contribution is 6.31. The van der Waals surface area contributed by atoms with Gasteiger partial charge >= 0.3 is 0 Å². The molecule has 2 atom stereocenters. The zero-order valence-electron chi connectivity index (χ0n) is 10.3. The number of nitrogens with two attached hydrogens (primary N) is 1. The Labute approximate surface area is 112 Å². The van der Waals surface area contributed by atoms with Gasteiger partial charge in [-0.2, -0.15) is 0 Å². The maximum absolute atomic E-state index is 14.1. The van der Waals surface area contributed by atoms with Crippen LogP contribution in [0.5, 0.6) is 0 Å². The van der Waals surface area contributed by atoms with Gasteiger partial charge in [0.15, 0.2) is 0 Å². The third-order valence-corrected chi connectivity index (χ3v) is 4.51. The van der Waals surface area contributed by atoms with Gasteiger partial charge < -0.3 is 5.73 Å². The van der Waals surface area contributed by atoms with Crippen LogP contribution in [0.4, 0.5) is 4.39 Å². The summed E-state index contributed by atoms with van der Waals surface area (Å²) in [6.45, 7) is 1.61. The van der Waals surface area contributed by atoms with Crippen LogP contribution >= 0.6 is 11.6 Å². The molecule has 98 valence electrons. The molecule has 3 rings (SSSR count). The molecule has 1 aliphatic heterocycles. The van der Waals surface area contributed by atoms with Crippen molar-refractivity contribution in [3.05, 3.63) is 34.6 Å². The van der Waals surface area contributed by atoms with Gasteiger partial charge in [-0.15, -0.1) is 0 Å². The van der Waals surface area contributed by atoms with Crippen molar-refractivity contribution >= 4 is 11.6 Å². The molecule has 1 saturated heterocycles. The molecular weight excluding hydrogens is 251 g/mol. The lowest BCUT2D eigenvalue weighted by Gasteiger charge is -2.29. The van der Waals surface area contributed by atoms with E-state index in [2.05, 4.69) is 4.90 Å². The molecule has 1 aromatic rings. The summed E-state index contributed by atoms with van der Waals surface area (Å²) in [7, 11) is 0. The van der Waals surface area contributed by atoms with Crippen molar-refractivity contribution in [1.29, 1.82) is 0 Å². The predicted octanol–water partition coefficient (Wildman–Crippen LogP) is 2.96. The van der Waals surface area contributed by atoms with E-state index in [1.54, 1.807) is 12.1 Å². The van der Waals surface area contributed by atoms with E-state index in [1.165, 1.54) is 18.9 Å². The summed E-state index contributed by atoms with van der Waals surface area (Å²) < 4.78 is 14.1. The lowest BCUT2D eigenvalue weighted by atomic mass is 9.93. The van der Waals surface area contributed by atoms with Gasteiger partial charge in [0.05, 0.1) is 0 Å². The minimum Gasteiger partial charge on any atom is -0.330 e. The fourth-order valence-corrected chi connectivity index (χ4v) is 3.41. The molecule has 2 nitrogen and oxygen atoms in total. The normalized spacial score (nSPS) is 28.8. The average Bonchev–Trinajstić information content (AvgIpc) is 3.11. The quantitative estimate of drug-likeness (QED) is 0.913. The van der Waals surface area contributed by atoms with Gasteiger partial charge in [-0.05, 0) is 50.4 Å². The molecule has 1 aliphatic carbocycles. The Morgan fingerprint density at radius 2 is 2.11 bits per heavy atom. The van der Waals surface area contributed by atoms with Gasteiger partial charge in [0, 0.05) is 22.7 Å². The van der Waals surface area contributed by atoms with Crippen LogP contribution in [0.2, 0.25) is 5.02 Å². The van der Waals surface area contributed by atoms with Crippen molar-refractivity contribution in [1.82, 2.24) is 4.90 Å². The van der Waals surface area contributed by atoms with Crippen molar-refractivity contribution in [3.63, 3.8) is 0 Å². The van der Waals surface area contributed by atoms with E-state index >= 15 is 0 Å². The Morgan fingerprint density at radius 3 is 2.72 bits per heavy atom. The van der Waals surface area contributed by atoms with Crippen molar-refractivity contribution in [2.45, 2.75) is 31.3 Å².